The average molecular weight is 595 g/mol. The van der Waals surface area contributed by atoms with E-state index in [0.717, 1.165) is 47.3 Å². The first-order valence-corrected chi connectivity index (χ1v) is 11.6. The molecule has 0 spiro atoms. The van der Waals surface area contributed by atoms with Gasteiger partial charge in [-0.25, -0.2) is 0 Å². The van der Waals surface area contributed by atoms with Gasteiger partial charge in [-0.1, -0.05) is 48.5 Å². The molecule has 4 aromatic rings. The number of carbonyl (C=O) groups excluding carboxylic acids is 1. The zero-order valence-electron chi connectivity index (χ0n) is 23.3. The summed E-state index contributed by atoms with van der Waals surface area (Å²) in [6.07, 6.45) is -2.33. The molecule has 0 atom stereocenters. The molecule has 6 N–H and O–H groups in total. The SMILES string of the molecule is COc1ccc(CNc2ccccc2N)cc1.COc1ccc(CNc2ccccc2N)cc1.O=C([O-])[O-].[K+].[K+]. The number of rotatable bonds is 8. The van der Waals surface area contributed by atoms with Crippen LogP contribution in [0.15, 0.2) is 97.1 Å². The summed E-state index contributed by atoms with van der Waals surface area (Å²) in [5.74, 6) is 1.74. The molecule has 4 aromatic carbocycles. The number of methoxy groups -OCH3 is 2. The Morgan fingerprint density at radius 2 is 0.925 bits per heavy atom. The van der Waals surface area contributed by atoms with Crippen LogP contribution >= 0.6 is 0 Å². The van der Waals surface area contributed by atoms with Crippen molar-refractivity contribution in [1.82, 2.24) is 0 Å². The van der Waals surface area contributed by atoms with Gasteiger partial charge in [0.05, 0.1) is 37.0 Å². The van der Waals surface area contributed by atoms with E-state index in [2.05, 4.69) is 10.6 Å². The molecule has 0 aliphatic rings. The van der Waals surface area contributed by atoms with Crippen LogP contribution in [0, 0.1) is 0 Å². The molecule has 11 heteroatoms. The van der Waals surface area contributed by atoms with E-state index in [1.807, 2.05) is 97.1 Å². The molecule has 4 rings (SSSR count). The minimum Gasteiger partial charge on any atom is -0.652 e. The Hall–Kier alpha value is -1.78. The molecule has 0 aliphatic carbocycles. The first kappa shape index (κ1) is 38.2. The van der Waals surface area contributed by atoms with Gasteiger partial charge in [0.1, 0.15) is 11.5 Å². The van der Waals surface area contributed by atoms with Gasteiger partial charge in [-0.2, -0.15) is 0 Å². The van der Waals surface area contributed by atoms with Crippen molar-refractivity contribution in [3.63, 3.8) is 0 Å². The summed E-state index contributed by atoms with van der Waals surface area (Å²) in [7, 11) is 3.33. The van der Waals surface area contributed by atoms with Crippen molar-refractivity contribution in [1.29, 1.82) is 0 Å². The van der Waals surface area contributed by atoms with Gasteiger partial charge in [-0.15, -0.1) is 0 Å². The maximum absolute atomic E-state index is 8.33. The zero-order chi connectivity index (χ0) is 27.8. The molecule has 0 radical (unpaired) electrons. The largest absolute Gasteiger partial charge is 1.00 e. The molecule has 0 bridgehead atoms. The van der Waals surface area contributed by atoms with Crippen LogP contribution in [0.4, 0.5) is 27.5 Å². The van der Waals surface area contributed by atoms with E-state index < -0.39 is 6.16 Å². The third-order valence-electron chi connectivity index (χ3n) is 5.21. The average Bonchev–Trinajstić information content (AvgIpc) is 2.93. The Morgan fingerprint density at radius 3 is 1.20 bits per heavy atom. The second kappa shape index (κ2) is 21.9. The molecule has 0 saturated heterocycles. The number of benzene rings is 4. The third kappa shape index (κ3) is 15.3. The maximum atomic E-state index is 8.33. The normalized spacial score (nSPS) is 9.05. The summed E-state index contributed by atoms with van der Waals surface area (Å²) >= 11 is 0. The number of nitrogens with one attached hydrogen (secondary N) is 2. The number of nitrogen functional groups attached to an aromatic ring is 2. The van der Waals surface area contributed by atoms with Crippen LogP contribution in [0.2, 0.25) is 0 Å². The van der Waals surface area contributed by atoms with Crippen molar-refractivity contribution in [3.05, 3.63) is 108 Å². The molecule has 0 aromatic heterocycles. The van der Waals surface area contributed by atoms with Crippen molar-refractivity contribution in [3.8, 4) is 11.5 Å². The van der Waals surface area contributed by atoms with Crippen LogP contribution < -0.4 is 145 Å². The van der Waals surface area contributed by atoms with Crippen LogP contribution in [0.1, 0.15) is 11.1 Å². The summed E-state index contributed by atoms with van der Waals surface area (Å²) in [5.41, 5.74) is 17.5. The molecule has 0 saturated carbocycles. The van der Waals surface area contributed by atoms with Crippen LogP contribution in [-0.4, -0.2) is 20.4 Å². The summed E-state index contributed by atoms with van der Waals surface area (Å²) in [4.78, 5) is 8.33. The fraction of sp³-hybridized carbons (Fsp3) is 0.138. The molecule has 0 unspecified atom stereocenters. The van der Waals surface area contributed by atoms with E-state index in [9.17, 15) is 0 Å². The molecule has 9 nitrogen and oxygen atoms in total. The maximum Gasteiger partial charge on any atom is 1.00 e. The molecular formula is C29H32K2N4O5. The topological polar surface area (TPSA) is 158 Å². The number of anilines is 4. The number of ether oxygens (including phenoxy) is 2. The molecule has 0 amide bonds. The molecule has 40 heavy (non-hydrogen) atoms. The Labute approximate surface area is 320 Å². The van der Waals surface area contributed by atoms with E-state index in [1.54, 1.807) is 14.2 Å². The van der Waals surface area contributed by atoms with Gasteiger partial charge < -0.3 is 46.6 Å². The number of hydrogen-bond acceptors (Lipinski definition) is 9. The first-order valence-electron chi connectivity index (χ1n) is 11.6. The Kier molecular flexibility index (Phi) is 20.9. The third-order valence-corrected chi connectivity index (χ3v) is 5.21. The van der Waals surface area contributed by atoms with Crippen molar-refractivity contribution in [2.75, 3.05) is 36.3 Å². The summed E-state index contributed by atoms with van der Waals surface area (Å²) < 4.78 is 10.2. The predicted molar refractivity (Wildman–Crippen MR) is 148 cm³/mol. The summed E-state index contributed by atoms with van der Waals surface area (Å²) in [6, 6.07) is 31.4. The standard InChI is InChI=1S/2C14H16N2O.CH2O3.2K/c2*1-17-12-8-6-11(7-9-12)10-16-14-5-3-2-4-13(14)15;2-1(3)4;;/h2*2-9,16H,10,15H2,1H3;(H2,2,3,4);;/q;;;2*+1/p-2. The number of carboxylic acid groups (broad SMARTS) is 2. The van der Waals surface area contributed by atoms with Crippen LogP contribution in [-0.2, 0) is 13.1 Å². The van der Waals surface area contributed by atoms with Crippen molar-refractivity contribution >= 4 is 28.9 Å². The van der Waals surface area contributed by atoms with Gasteiger partial charge in [0.15, 0.2) is 0 Å². The van der Waals surface area contributed by atoms with E-state index >= 15 is 0 Å². The van der Waals surface area contributed by atoms with Gasteiger partial charge in [0.25, 0.3) is 0 Å². The Bertz CT molecular complexity index is 1160. The fourth-order valence-electron chi connectivity index (χ4n) is 3.20. The second-order valence-corrected chi connectivity index (χ2v) is 7.83. The summed E-state index contributed by atoms with van der Waals surface area (Å²) in [5, 5.41) is 23.3. The van der Waals surface area contributed by atoms with Gasteiger partial charge in [0, 0.05) is 13.1 Å². The van der Waals surface area contributed by atoms with Gasteiger partial charge in [-0.3, -0.25) is 0 Å². The van der Waals surface area contributed by atoms with Gasteiger partial charge >= 0.3 is 103 Å². The quantitative estimate of drug-likeness (QED) is 0.126. The van der Waals surface area contributed by atoms with E-state index in [1.165, 1.54) is 11.1 Å². The van der Waals surface area contributed by atoms with Crippen molar-refractivity contribution in [2.24, 2.45) is 0 Å². The van der Waals surface area contributed by atoms with E-state index in [0.29, 0.717) is 0 Å². The number of nitrogens with two attached hydrogens (primary N) is 2. The molecule has 0 aliphatic heterocycles. The second-order valence-electron chi connectivity index (χ2n) is 7.83. The molecule has 0 heterocycles. The summed E-state index contributed by atoms with van der Waals surface area (Å²) in [6.45, 7) is 1.50. The number of carbonyl (C=O) groups is 1. The van der Waals surface area contributed by atoms with Gasteiger partial charge in [0.2, 0.25) is 0 Å². The zero-order valence-corrected chi connectivity index (χ0v) is 29.6. The Balaban J connectivity index is 0.000000643. The molecule has 0 fully saturated rings. The minimum atomic E-state index is -2.33. The number of para-hydroxylation sites is 4. The van der Waals surface area contributed by atoms with Crippen LogP contribution in [0.5, 0.6) is 11.5 Å². The first-order chi connectivity index (χ1) is 18.3. The fourth-order valence-corrected chi connectivity index (χ4v) is 3.20. The molecular weight excluding hydrogens is 563 g/mol. The van der Waals surface area contributed by atoms with Crippen LogP contribution in [0.3, 0.4) is 0 Å². The monoisotopic (exact) mass is 594 g/mol. The van der Waals surface area contributed by atoms with Crippen LogP contribution in [0.25, 0.3) is 0 Å². The Morgan fingerprint density at radius 1 is 0.625 bits per heavy atom. The van der Waals surface area contributed by atoms with Crippen molar-refractivity contribution in [2.45, 2.75) is 13.1 Å². The van der Waals surface area contributed by atoms with E-state index in [4.69, 9.17) is 35.9 Å². The van der Waals surface area contributed by atoms with Gasteiger partial charge in [-0.05, 0) is 65.8 Å². The number of hydrogen-bond donors (Lipinski definition) is 4. The van der Waals surface area contributed by atoms with E-state index in [-0.39, 0.29) is 103 Å². The molecule has 200 valence electrons. The minimum absolute atomic E-state index is 0. The van der Waals surface area contributed by atoms with Crippen molar-refractivity contribution < 1.29 is 127 Å². The predicted octanol–water partition coefficient (Wildman–Crippen LogP) is -2.66. The smallest absolute Gasteiger partial charge is 0.652 e.